The van der Waals surface area contributed by atoms with Gasteiger partial charge in [-0.25, -0.2) is 14.5 Å². The van der Waals surface area contributed by atoms with Gasteiger partial charge in [0.1, 0.15) is 5.82 Å². The number of aryl methyl sites for hydroxylation is 1. The normalized spacial score (nSPS) is 14.3. The van der Waals surface area contributed by atoms with Gasteiger partial charge in [-0.2, -0.15) is 0 Å². The quantitative estimate of drug-likeness (QED) is 0.516. The number of amides is 1. The largest absolute Gasteiger partial charge is 0.386 e. The average molecular weight is 416 g/mol. The molecule has 5 rings (SSSR count). The topological polar surface area (TPSA) is 105 Å². The molecule has 31 heavy (non-hydrogen) atoms. The highest BCUT2D eigenvalue weighted by Gasteiger charge is 2.30. The van der Waals surface area contributed by atoms with E-state index in [4.69, 9.17) is 0 Å². The Hall–Kier alpha value is -3.39. The van der Waals surface area contributed by atoms with Gasteiger partial charge in [0.25, 0.3) is 0 Å². The number of nitrogens with zero attached hydrogens (tertiary/aromatic N) is 5. The first-order valence-corrected chi connectivity index (χ1v) is 10.5. The molecule has 4 aromatic rings. The SMILES string of the molecule is CCc1ncc(-c2nc3ccc(C(C)(C)O)cn3n2)c2cc(NC(=O)C3CC3)ncc12. The number of carbonyl (C=O) groups is 1. The van der Waals surface area contributed by atoms with Crippen molar-refractivity contribution in [2.24, 2.45) is 5.92 Å². The molecule has 8 nitrogen and oxygen atoms in total. The summed E-state index contributed by atoms with van der Waals surface area (Å²) in [7, 11) is 0. The van der Waals surface area contributed by atoms with Crippen LogP contribution in [0.4, 0.5) is 5.82 Å². The van der Waals surface area contributed by atoms with Crippen LogP contribution in [0, 0.1) is 5.92 Å². The van der Waals surface area contributed by atoms with Crippen molar-refractivity contribution in [2.75, 3.05) is 5.32 Å². The second kappa shape index (κ2) is 7.09. The lowest BCUT2D eigenvalue weighted by atomic mass is 10.0. The zero-order valence-corrected chi connectivity index (χ0v) is 17.8. The molecule has 1 aliphatic rings. The highest BCUT2D eigenvalue weighted by molar-refractivity contribution is 6.00. The molecular weight excluding hydrogens is 392 g/mol. The van der Waals surface area contributed by atoms with Gasteiger partial charge >= 0.3 is 0 Å². The molecule has 8 heteroatoms. The minimum Gasteiger partial charge on any atom is -0.386 e. The Bertz CT molecular complexity index is 1320. The number of anilines is 1. The van der Waals surface area contributed by atoms with Gasteiger partial charge in [-0.3, -0.25) is 9.78 Å². The minimum absolute atomic E-state index is 0.0168. The zero-order chi connectivity index (χ0) is 21.8. The summed E-state index contributed by atoms with van der Waals surface area (Å²) < 4.78 is 1.67. The van der Waals surface area contributed by atoms with Gasteiger partial charge in [0.05, 0.1) is 5.60 Å². The lowest BCUT2D eigenvalue weighted by molar-refractivity contribution is -0.117. The number of rotatable bonds is 5. The summed E-state index contributed by atoms with van der Waals surface area (Å²) in [6, 6.07) is 5.56. The number of nitrogens with one attached hydrogen (secondary N) is 1. The Balaban J connectivity index is 1.63. The fraction of sp³-hybridized carbons (Fsp3) is 0.348. The van der Waals surface area contributed by atoms with Gasteiger partial charge in [0.2, 0.25) is 5.91 Å². The van der Waals surface area contributed by atoms with E-state index in [1.807, 2.05) is 25.1 Å². The maximum Gasteiger partial charge on any atom is 0.228 e. The van der Waals surface area contributed by atoms with Crippen LogP contribution < -0.4 is 5.32 Å². The molecule has 1 fully saturated rings. The smallest absolute Gasteiger partial charge is 0.228 e. The second-order valence-corrected chi connectivity index (χ2v) is 8.57. The third-order valence-electron chi connectivity index (χ3n) is 5.67. The molecule has 0 aromatic carbocycles. The Morgan fingerprint density at radius 3 is 2.74 bits per heavy atom. The number of hydrogen-bond acceptors (Lipinski definition) is 6. The summed E-state index contributed by atoms with van der Waals surface area (Å²) in [5.41, 5.74) is 2.14. The van der Waals surface area contributed by atoms with Crippen LogP contribution in [0.15, 0.2) is 36.8 Å². The van der Waals surface area contributed by atoms with Gasteiger partial charge in [0.15, 0.2) is 11.5 Å². The van der Waals surface area contributed by atoms with Gasteiger partial charge in [-0.1, -0.05) is 13.0 Å². The molecule has 0 unspecified atom stereocenters. The lowest BCUT2D eigenvalue weighted by Crippen LogP contribution is -2.16. The summed E-state index contributed by atoms with van der Waals surface area (Å²) >= 11 is 0. The lowest BCUT2D eigenvalue weighted by Gasteiger charge is -2.16. The van der Waals surface area contributed by atoms with Crippen LogP contribution in [0.3, 0.4) is 0 Å². The fourth-order valence-electron chi connectivity index (χ4n) is 3.65. The van der Waals surface area contributed by atoms with Gasteiger partial charge in [-0.05, 0) is 45.2 Å². The van der Waals surface area contributed by atoms with E-state index in [9.17, 15) is 9.90 Å². The third kappa shape index (κ3) is 3.63. The molecule has 0 bridgehead atoms. The standard InChI is InChI=1S/C23H24N6O2/c1-4-18-16-10-25-19(26-22(30)13-5-6-13)9-15(16)17(11-24-18)21-27-20-8-7-14(23(2,3)31)12-29(20)28-21/h7-13,31H,4-6H2,1-3H3,(H,25,26,30). The van der Waals surface area contributed by atoms with E-state index in [1.165, 1.54) is 0 Å². The number of carbonyl (C=O) groups excluding carboxylic acids is 1. The number of hydrogen-bond donors (Lipinski definition) is 2. The molecule has 0 spiro atoms. The molecule has 1 aliphatic carbocycles. The van der Waals surface area contributed by atoms with Gasteiger partial charge in [-0.15, -0.1) is 5.10 Å². The zero-order valence-electron chi connectivity index (χ0n) is 17.8. The third-order valence-corrected chi connectivity index (χ3v) is 5.67. The van der Waals surface area contributed by atoms with Crippen molar-refractivity contribution in [1.82, 2.24) is 24.6 Å². The monoisotopic (exact) mass is 416 g/mol. The highest BCUT2D eigenvalue weighted by atomic mass is 16.3. The van der Waals surface area contributed by atoms with Gasteiger partial charge in [0, 0.05) is 52.1 Å². The summed E-state index contributed by atoms with van der Waals surface area (Å²) in [5.74, 6) is 1.17. The summed E-state index contributed by atoms with van der Waals surface area (Å²) in [5, 5.41) is 19.7. The van der Waals surface area contributed by atoms with Gasteiger partial charge < -0.3 is 10.4 Å². The Labute approximate surface area is 179 Å². The van der Waals surface area contributed by atoms with Crippen molar-refractivity contribution in [2.45, 2.75) is 45.6 Å². The maximum absolute atomic E-state index is 12.2. The molecule has 0 aliphatic heterocycles. The Kier molecular flexibility index (Phi) is 4.48. The van der Waals surface area contributed by atoms with Crippen LogP contribution in [0.1, 0.15) is 44.9 Å². The van der Waals surface area contributed by atoms with Crippen molar-refractivity contribution >= 4 is 28.1 Å². The van der Waals surface area contributed by atoms with Crippen LogP contribution in [-0.4, -0.2) is 35.6 Å². The van der Waals surface area contributed by atoms with E-state index in [1.54, 1.807) is 37.0 Å². The predicted octanol–water partition coefficient (Wildman–Crippen LogP) is 3.48. The van der Waals surface area contributed by atoms with E-state index < -0.39 is 5.60 Å². The van der Waals surface area contributed by atoms with Crippen LogP contribution in [-0.2, 0) is 16.8 Å². The van der Waals surface area contributed by atoms with E-state index in [2.05, 4.69) is 25.4 Å². The molecule has 1 amide bonds. The van der Waals surface area contributed by atoms with Crippen molar-refractivity contribution in [3.8, 4) is 11.4 Å². The van der Waals surface area contributed by atoms with E-state index in [0.29, 0.717) is 17.3 Å². The molecule has 4 heterocycles. The second-order valence-electron chi connectivity index (χ2n) is 8.57. The summed E-state index contributed by atoms with van der Waals surface area (Å²) in [4.78, 5) is 25.9. The molecule has 1 saturated carbocycles. The molecule has 0 radical (unpaired) electrons. The first-order chi connectivity index (χ1) is 14.8. The Morgan fingerprint density at radius 2 is 2.03 bits per heavy atom. The van der Waals surface area contributed by atoms with Crippen LogP contribution in [0.5, 0.6) is 0 Å². The maximum atomic E-state index is 12.2. The number of fused-ring (bicyclic) bond motifs is 2. The average Bonchev–Trinajstić information content (AvgIpc) is 3.51. The first kappa shape index (κ1) is 19.6. The number of aliphatic hydroxyl groups is 1. The van der Waals surface area contributed by atoms with E-state index in [-0.39, 0.29) is 11.8 Å². The number of aromatic nitrogens is 5. The Morgan fingerprint density at radius 1 is 1.23 bits per heavy atom. The van der Waals surface area contributed by atoms with Crippen LogP contribution in [0.2, 0.25) is 0 Å². The van der Waals surface area contributed by atoms with Crippen molar-refractivity contribution < 1.29 is 9.90 Å². The van der Waals surface area contributed by atoms with Crippen molar-refractivity contribution in [1.29, 1.82) is 0 Å². The first-order valence-electron chi connectivity index (χ1n) is 10.5. The number of pyridine rings is 3. The predicted molar refractivity (Wildman–Crippen MR) is 117 cm³/mol. The molecule has 0 saturated heterocycles. The molecule has 0 atom stereocenters. The molecule has 4 aromatic heterocycles. The summed E-state index contributed by atoms with van der Waals surface area (Å²) in [6.07, 6.45) is 7.96. The highest BCUT2D eigenvalue weighted by Crippen LogP contribution is 2.32. The van der Waals surface area contributed by atoms with Crippen LogP contribution in [0.25, 0.3) is 27.8 Å². The molecule has 2 N–H and O–H groups in total. The summed E-state index contributed by atoms with van der Waals surface area (Å²) in [6.45, 7) is 5.51. The minimum atomic E-state index is -0.975. The van der Waals surface area contributed by atoms with Crippen molar-refractivity contribution in [3.05, 3.63) is 48.0 Å². The van der Waals surface area contributed by atoms with Crippen molar-refractivity contribution in [3.63, 3.8) is 0 Å². The van der Waals surface area contributed by atoms with Crippen LogP contribution >= 0.6 is 0 Å². The van der Waals surface area contributed by atoms with E-state index in [0.717, 1.165) is 46.9 Å². The molecular formula is C23H24N6O2. The molecule has 158 valence electrons. The van der Waals surface area contributed by atoms with E-state index >= 15 is 0 Å². The fourth-order valence-corrected chi connectivity index (χ4v) is 3.65.